The van der Waals surface area contributed by atoms with E-state index < -0.39 is 10.0 Å². The van der Waals surface area contributed by atoms with E-state index in [9.17, 15) is 13.2 Å². The average molecular weight is 450 g/mol. The molecule has 1 saturated carbocycles. The summed E-state index contributed by atoms with van der Waals surface area (Å²) in [5.41, 5.74) is 0.805. The number of nitrogens with zero attached hydrogens (tertiary/aromatic N) is 3. The lowest BCUT2D eigenvalue weighted by molar-refractivity contribution is -0.140. The van der Waals surface area contributed by atoms with Gasteiger partial charge in [0.1, 0.15) is 0 Å². The predicted octanol–water partition coefficient (Wildman–Crippen LogP) is 1.94. The molecule has 3 aliphatic rings. The van der Waals surface area contributed by atoms with E-state index in [0.717, 1.165) is 70.5 Å². The molecule has 8 heteroatoms. The van der Waals surface area contributed by atoms with Crippen LogP contribution in [0.5, 0.6) is 0 Å². The lowest BCUT2D eigenvalue weighted by Gasteiger charge is -2.36. The van der Waals surface area contributed by atoms with Gasteiger partial charge in [0.05, 0.1) is 19.0 Å². The highest BCUT2D eigenvalue weighted by atomic mass is 32.2. The normalized spacial score (nSPS) is 23.5. The molecule has 0 aromatic heterocycles. The molecule has 0 bridgehead atoms. The Bertz CT molecular complexity index is 822. The standard InChI is InChI=1S/C23H35N3O4S/c27-23(21-8-4-9-21)26(12-5-11-24-14-16-30-17-15-24)22-10-13-25(18-22)31(28,29)19-20-6-2-1-3-7-20/h1-3,6-7,21-22H,4-5,8-19H2. The molecule has 1 atom stereocenters. The molecule has 2 aliphatic heterocycles. The van der Waals surface area contributed by atoms with E-state index in [-0.39, 0.29) is 23.6 Å². The third-order valence-electron chi connectivity index (χ3n) is 6.87. The van der Waals surface area contributed by atoms with Gasteiger partial charge in [0.25, 0.3) is 0 Å². The van der Waals surface area contributed by atoms with Crippen molar-refractivity contribution in [3.05, 3.63) is 35.9 Å². The third kappa shape index (κ3) is 5.86. The smallest absolute Gasteiger partial charge is 0.225 e. The van der Waals surface area contributed by atoms with Crippen LogP contribution in [-0.4, -0.2) is 87.0 Å². The van der Waals surface area contributed by atoms with Gasteiger partial charge < -0.3 is 9.64 Å². The molecule has 1 aliphatic carbocycles. The molecule has 172 valence electrons. The Kier molecular flexibility index (Phi) is 7.63. The van der Waals surface area contributed by atoms with Crippen LogP contribution in [0.1, 0.15) is 37.7 Å². The van der Waals surface area contributed by atoms with Crippen molar-refractivity contribution in [1.29, 1.82) is 0 Å². The van der Waals surface area contributed by atoms with Crippen molar-refractivity contribution in [3.8, 4) is 0 Å². The minimum atomic E-state index is -3.38. The second-order valence-electron chi connectivity index (χ2n) is 9.01. The summed E-state index contributed by atoms with van der Waals surface area (Å²) in [6, 6.07) is 9.31. The van der Waals surface area contributed by atoms with E-state index in [1.807, 2.05) is 35.2 Å². The molecule has 1 aromatic rings. The van der Waals surface area contributed by atoms with E-state index in [4.69, 9.17) is 4.74 Å². The summed E-state index contributed by atoms with van der Waals surface area (Å²) in [5, 5.41) is 0. The van der Waals surface area contributed by atoms with Gasteiger partial charge in [-0.1, -0.05) is 36.8 Å². The molecular formula is C23H35N3O4S. The highest BCUT2D eigenvalue weighted by molar-refractivity contribution is 7.88. The van der Waals surface area contributed by atoms with Crippen LogP contribution < -0.4 is 0 Å². The zero-order valence-electron chi connectivity index (χ0n) is 18.3. The van der Waals surface area contributed by atoms with Gasteiger partial charge in [0, 0.05) is 51.2 Å². The predicted molar refractivity (Wildman–Crippen MR) is 120 cm³/mol. The van der Waals surface area contributed by atoms with E-state index >= 15 is 0 Å². The summed E-state index contributed by atoms with van der Waals surface area (Å²) in [5.74, 6) is 0.396. The number of rotatable bonds is 9. The Labute approximate surface area is 186 Å². The number of sulfonamides is 1. The molecule has 1 aromatic carbocycles. The molecule has 1 unspecified atom stereocenters. The Morgan fingerprint density at radius 1 is 1.06 bits per heavy atom. The lowest BCUT2D eigenvalue weighted by Crippen LogP contribution is -2.48. The maximum absolute atomic E-state index is 13.2. The Morgan fingerprint density at radius 2 is 1.81 bits per heavy atom. The molecule has 0 radical (unpaired) electrons. The summed E-state index contributed by atoms with van der Waals surface area (Å²) in [4.78, 5) is 17.6. The van der Waals surface area contributed by atoms with Crippen LogP contribution in [0.3, 0.4) is 0 Å². The molecule has 0 spiro atoms. The number of carbonyl (C=O) groups excluding carboxylic acids is 1. The second kappa shape index (κ2) is 10.4. The summed E-state index contributed by atoms with van der Waals surface area (Å²) in [6.45, 7) is 6.05. The SMILES string of the molecule is O=C(C1CCC1)N(CCCN1CCOCC1)C1CCN(S(=O)(=O)Cc2ccccc2)C1. The van der Waals surface area contributed by atoms with Gasteiger partial charge in [-0.05, 0) is 31.2 Å². The Balaban J connectivity index is 1.36. The average Bonchev–Trinajstić information content (AvgIpc) is 3.22. The molecule has 7 nitrogen and oxygen atoms in total. The number of carbonyl (C=O) groups is 1. The minimum absolute atomic E-state index is 0.0108. The Hall–Kier alpha value is -1.48. The van der Waals surface area contributed by atoms with E-state index in [2.05, 4.69) is 4.90 Å². The first-order chi connectivity index (χ1) is 15.0. The minimum Gasteiger partial charge on any atom is -0.379 e. The maximum atomic E-state index is 13.2. The van der Waals surface area contributed by atoms with Crippen LogP contribution in [0.2, 0.25) is 0 Å². The first-order valence-corrected chi connectivity index (χ1v) is 13.3. The quantitative estimate of drug-likeness (QED) is 0.576. The number of ether oxygens (including phenoxy) is 1. The summed E-state index contributed by atoms with van der Waals surface area (Å²) >= 11 is 0. The number of morpholine rings is 1. The maximum Gasteiger partial charge on any atom is 0.225 e. The van der Waals surface area contributed by atoms with Crippen molar-refractivity contribution in [2.24, 2.45) is 5.92 Å². The summed E-state index contributed by atoms with van der Waals surface area (Å²) in [6.07, 6.45) is 4.72. The van der Waals surface area contributed by atoms with Gasteiger partial charge in [-0.25, -0.2) is 8.42 Å². The van der Waals surface area contributed by atoms with Crippen molar-refractivity contribution >= 4 is 15.9 Å². The molecule has 1 amide bonds. The van der Waals surface area contributed by atoms with Crippen LogP contribution >= 0.6 is 0 Å². The monoisotopic (exact) mass is 449 g/mol. The highest BCUT2D eigenvalue weighted by Crippen LogP contribution is 2.31. The topological polar surface area (TPSA) is 70.2 Å². The first-order valence-electron chi connectivity index (χ1n) is 11.7. The number of hydrogen-bond donors (Lipinski definition) is 0. The molecule has 31 heavy (non-hydrogen) atoms. The van der Waals surface area contributed by atoms with Gasteiger partial charge in [0.2, 0.25) is 15.9 Å². The number of benzene rings is 1. The number of hydrogen-bond acceptors (Lipinski definition) is 5. The van der Waals surface area contributed by atoms with Gasteiger partial charge in [0.15, 0.2) is 0 Å². The van der Waals surface area contributed by atoms with E-state index in [1.54, 1.807) is 4.31 Å². The summed E-state index contributed by atoms with van der Waals surface area (Å²) in [7, 11) is -3.38. The van der Waals surface area contributed by atoms with Crippen molar-refractivity contribution in [2.75, 3.05) is 52.5 Å². The molecule has 4 rings (SSSR count). The lowest BCUT2D eigenvalue weighted by atomic mass is 9.84. The third-order valence-corrected chi connectivity index (χ3v) is 8.68. The summed E-state index contributed by atoms with van der Waals surface area (Å²) < 4.78 is 32.9. The zero-order chi connectivity index (χ0) is 21.7. The van der Waals surface area contributed by atoms with E-state index in [0.29, 0.717) is 19.6 Å². The number of amides is 1. The van der Waals surface area contributed by atoms with Gasteiger partial charge in [-0.2, -0.15) is 4.31 Å². The van der Waals surface area contributed by atoms with Gasteiger partial charge in [-0.3, -0.25) is 9.69 Å². The van der Waals surface area contributed by atoms with E-state index in [1.165, 1.54) is 0 Å². The fourth-order valence-corrected chi connectivity index (χ4v) is 6.32. The fourth-order valence-electron chi connectivity index (χ4n) is 4.75. The van der Waals surface area contributed by atoms with Crippen molar-refractivity contribution in [1.82, 2.24) is 14.1 Å². The van der Waals surface area contributed by atoms with Crippen LogP contribution in [0, 0.1) is 5.92 Å². The fraction of sp³-hybridized carbons (Fsp3) is 0.696. The first kappa shape index (κ1) is 22.7. The zero-order valence-corrected chi connectivity index (χ0v) is 19.1. The largest absolute Gasteiger partial charge is 0.379 e. The van der Waals surface area contributed by atoms with Crippen molar-refractivity contribution < 1.29 is 17.9 Å². The van der Waals surface area contributed by atoms with Crippen molar-refractivity contribution in [3.63, 3.8) is 0 Å². The molecule has 2 saturated heterocycles. The molecule has 3 fully saturated rings. The van der Waals surface area contributed by atoms with Crippen LogP contribution in [0.4, 0.5) is 0 Å². The highest BCUT2D eigenvalue weighted by Gasteiger charge is 2.39. The van der Waals surface area contributed by atoms with Crippen LogP contribution in [0.15, 0.2) is 30.3 Å². The molecule has 0 N–H and O–H groups in total. The Morgan fingerprint density at radius 3 is 2.48 bits per heavy atom. The van der Waals surface area contributed by atoms with Crippen molar-refractivity contribution in [2.45, 2.75) is 43.9 Å². The van der Waals surface area contributed by atoms with Gasteiger partial charge in [-0.15, -0.1) is 0 Å². The molecular weight excluding hydrogens is 414 g/mol. The van der Waals surface area contributed by atoms with Gasteiger partial charge >= 0.3 is 0 Å². The van der Waals surface area contributed by atoms with Crippen LogP contribution in [-0.2, 0) is 25.3 Å². The van der Waals surface area contributed by atoms with Crippen LogP contribution in [0.25, 0.3) is 0 Å². The second-order valence-corrected chi connectivity index (χ2v) is 11.0. The molecule has 2 heterocycles.